The molecular weight excluding hydrogens is 395 g/mol. The zero-order valence-corrected chi connectivity index (χ0v) is 19.1. The summed E-state index contributed by atoms with van der Waals surface area (Å²) in [5.74, 6) is 0. The largest absolute Gasteiger partial charge is 0.357 e. The van der Waals surface area contributed by atoms with E-state index in [0.29, 0.717) is 0 Å². The predicted octanol–water partition coefficient (Wildman–Crippen LogP) is 6.90. The van der Waals surface area contributed by atoms with Gasteiger partial charge in [0.2, 0.25) is 0 Å². The highest BCUT2D eigenvalue weighted by atomic mass is 31.1. The zero-order valence-electron chi connectivity index (χ0n) is 18.2. The number of hydrogen-bond donors (Lipinski definition) is 1. The normalized spacial score (nSPS) is 11.5. The SMILES string of the molecule is CC(=Nc1c(C)cccc1C)c1cccc(NP(c2ccccc2)c2ccccc2)c1. The molecule has 0 fully saturated rings. The Bertz CT molecular complexity index is 1120. The van der Waals surface area contributed by atoms with Crippen LogP contribution in [0.3, 0.4) is 0 Å². The van der Waals surface area contributed by atoms with Gasteiger partial charge in [-0.3, -0.25) is 4.99 Å². The molecule has 0 bridgehead atoms. The molecule has 0 radical (unpaired) electrons. The molecule has 0 atom stereocenters. The molecule has 154 valence electrons. The van der Waals surface area contributed by atoms with E-state index in [9.17, 15) is 0 Å². The number of aliphatic imine (C=N–C) groups is 1. The fourth-order valence-corrected chi connectivity index (χ4v) is 5.48. The Morgan fingerprint density at radius 2 is 1.23 bits per heavy atom. The van der Waals surface area contributed by atoms with Crippen molar-refractivity contribution in [1.82, 2.24) is 0 Å². The minimum absolute atomic E-state index is 0.707. The molecule has 3 heteroatoms. The number of anilines is 1. The first-order valence-electron chi connectivity index (χ1n) is 10.5. The lowest BCUT2D eigenvalue weighted by Gasteiger charge is -2.21. The van der Waals surface area contributed by atoms with Gasteiger partial charge in [0.25, 0.3) is 0 Å². The van der Waals surface area contributed by atoms with Crippen LogP contribution in [-0.4, -0.2) is 5.71 Å². The first-order chi connectivity index (χ1) is 15.1. The van der Waals surface area contributed by atoms with Crippen LogP contribution in [0.4, 0.5) is 11.4 Å². The van der Waals surface area contributed by atoms with Crippen molar-refractivity contribution >= 4 is 35.8 Å². The lowest BCUT2D eigenvalue weighted by Crippen LogP contribution is -2.17. The number of benzene rings is 4. The van der Waals surface area contributed by atoms with Gasteiger partial charge in [-0.05, 0) is 49.6 Å². The highest BCUT2D eigenvalue weighted by molar-refractivity contribution is 7.74. The van der Waals surface area contributed by atoms with Crippen LogP contribution in [0, 0.1) is 13.8 Å². The Hall–Kier alpha value is -3.22. The van der Waals surface area contributed by atoms with Crippen molar-refractivity contribution in [2.75, 3.05) is 5.09 Å². The van der Waals surface area contributed by atoms with Crippen LogP contribution in [0.25, 0.3) is 0 Å². The van der Waals surface area contributed by atoms with Crippen LogP contribution in [0.5, 0.6) is 0 Å². The van der Waals surface area contributed by atoms with Crippen molar-refractivity contribution in [2.45, 2.75) is 20.8 Å². The second-order valence-corrected chi connectivity index (χ2v) is 9.56. The predicted molar refractivity (Wildman–Crippen MR) is 137 cm³/mol. The van der Waals surface area contributed by atoms with Gasteiger partial charge >= 0.3 is 0 Å². The monoisotopic (exact) mass is 422 g/mol. The fourth-order valence-electron chi connectivity index (χ4n) is 3.59. The molecule has 0 aliphatic carbocycles. The summed E-state index contributed by atoms with van der Waals surface area (Å²) in [5.41, 5.74) is 6.71. The summed E-state index contributed by atoms with van der Waals surface area (Å²) >= 11 is 0. The summed E-state index contributed by atoms with van der Waals surface area (Å²) in [5, 5.41) is 6.41. The van der Waals surface area contributed by atoms with Crippen molar-refractivity contribution in [2.24, 2.45) is 4.99 Å². The average molecular weight is 423 g/mol. The van der Waals surface area contributed by atoms with Crippen molar-refractivity contribution in [1.29, 1.82) is 0 Å². The fraction of sp³-hybridized carbons (Fsp3) is 0.107. The standard InChI is InChI=1S/C28H27N2P/c1-21-12-10-13-22(2)28(21)29-23(3)24-14-11-15-25(20-24)30-31(26-16-6-4-7-17-26)27-18-8-5-9-19-27/h4-20,30H,1-3H3. The van der Waals surface area contributed by atoms with Crippen LogP contribution in [0.2, 0.25) is 0 Å². The van der Waals surface area contributed by atoms with Crippen LogP contribution in [0.15, 0.2) is 108 Å². The summed E-state index contributed by atoms with van der Waals surface area (Å²) in [7, 11) is -0.707. The molecule has 0 unspecified atom stereocenters. The molecule has 2 nitrogen and oxygen atoms in total. The molecule has 0 heterocycles. The third-order valence-corrected chi connectivity index (χ3v) is 7.38. The Labute approximate surface area is 186 Å². The van der Waals surface area contributed by atoms with E-state index in [4.69, 9.17) is 4.99 Å². The summed E-state index contributed by atoms with van der Waals surface area (Å²) in [6, 6.07) is 36.2. The third-order valence-electron chi connectivity index (χ3n) is 5.27. The number of nitrogens with one attached hydrogen (secondary N) is 1. The molecule has 4 aromatic carbocycles. The molecule has 31 heavy (non-hydrogen) atoms. The lowest BCUT2D eigenvalue weighted by atomic mass is 10.1. The summed E-state index contributed by atoms with van der Waals surface area (Å²) in [4.78, 5) is 4.96. The van der Waals surface area contributed by atoms with Gasteiger partial charge < -0.3 is 5.09 Å². The van der Waals surface area contributed by atoms with Crippen LogP contribution < -0.4 is 15.7 Å². The summed E-state index contributed by atoms with van der Waals surface area (Å²) < 4.78 is 0. The van der Waals surface area contributed by atoms with E-state index in [1.54, 1.807) is 0 Å². The van der Waals surface area contributed by atoms with E-state index >= 15 is 0 Å². The Morgan fingerprint density at radius 3 is 1.81 bits per heavy atom. The maximum absolute atomic E-state index is 4.96. The molecule has 1 N–H and O–H groups in total. The van der Waals surface area contributed by atoms with E-state index in [1.807, 2.05) is 0 Å². The smallest absolute Gasteiger partial charge is 0.0691 e. The van der Waals surface area contributed by atoms with Crippen molar-refractivity contribution in [3.05, 3.63) is 120 Å². The quantitative estimate of drug-likeness (QED) is 0.265. The maximum atomic E-state index is 4.96. The first kappa shape index (κ1) is 21.0. The van der Waals surface area contributed by atoms with E-state index in [0.717, 1.165) is 22.6 Å². The minimum atomic E-state index is -0.707. The minimum Gasteiger partial charge on any atom is -0.357 e. The van der Waals surface area contributed by atoms with Crippen molar-refractivity contribution in [3.63, 3.8) is 0 Å². The van der Waals surface area contributed by atoms with Gasteiger partial charge in [-0.1, -0.05) is 91.0 Å². The first-order valence-corrected chi connectivity index (χ1v) is 11.8. The van der Waals surface area contributed by atoms with Crippen molar-refractivity contribution in [3.8, 4) is 0 Å². The van der Waals surface area contributed by atoms with Crippen LogP contribution in [-0.2, 0) is 0 Å². The van der Waals surface area contributed by atoms with Gasteiger partial charge in [0.1, 0.15) is 0 Å². The number of nitrogens with zero attached hydrogens (tertiary/aromatic N) is 1. The van der Waals surface area contributed by atoms with Crippen LogP contribution >= 0.6 is 8.07 Å². The topological polar surface area (TPSA) is 24.4 Å². The van der Waals surface area contributed by atoms with E-state index in [2.05, 4.69) is 129 Å². The van der Waals surface area contributed by atoms with Gasteiger partial charge in [0.15, 0.2) is 0 Å². The molecular formula is C28H27N2P. The third kappa shape index (κ3) is 5.10. The number of hydrogen-bond acceptors (Lipinski definition) is 2. The highest BCUT2D eigenvalue weighted by Crippen LogP contribution is 2.35. The highest BCUT2D eigenvalue weighted by Gasteiger charge is 2.14. The van der Waals surface area contributed by atoms with Gasteiger partial charge in [-0.2, -0.15) is 0 Å². The Balaban J connectivity index is 1.66. The molecule has 0 amide bonds. The van der Waals surface area contributed by atoms with Gasteiger partial charge in [0.05, 0.1) is 13.8 Å². The van der Waals surface area contributed by atoms with Crippen LogP contribution in [0.1, 0.15) is 23.6 Å². The van der Waals surface area contributed by atoms with E-state index < -0.39 is 8.07 Å². The van der Waals surface area contributed by atoms with Gasteiger partial charge in [0, 0.05) is 22.0 Å². The molecule has 0 aliphatic rings. The molecule has 0 aromatic heterocycles. The van der Waals surface area contributed by atoms with E-state index in [1.165, 1.54) is 21.7 Å². The molecule has 4 aromatic rings. The second-order valence-electron chi connectivity index (χ2n) is 7.64. The second kappa shape index (κ2) is 9.73. The Kier molecular flexibility index (Phi) is 6.60. The zero-order chi connectivity index (χ0) is 21.6. The molecule has 0 saturated heterocycles. The molecule has 0 saturated carbocycles. The lowest BCUT2D eigenvalue weighted by molar-refractivity contribution is 1.32. The molecule has 0 aliphatic heterocycles. The summed E-state index contributed by atoms with van der Waals surface area (Å²) in [6.07, 6.45) is 0. The number of rotatable bonds is 6. The maximum Gasteiger partial charge on any atom is 0.0691 e. The number of para-hydroxylation sites is 1. The molecule has 4 rings (SSSR count). The van der Waals surface area contributed by atoms with E-state index in [-0.39, 0.29) is 0 Å². The average Bonchev–Trinajstić information content (AvgIpc) is 2.81. The number of aryl methyl sites for hydroxylation is 2. The Morgan fingerprint density at radius 1 is 0.677 bits per heavy atom. The van der Waals surface area contributed by atoms with Crippen molar-refractivity contribution < 1.29 is 0 Å². The summed E-state index contributed by atoms with van der Waals surface area (Å²) in [6.45, 7) is 6.32. The molecule has 0 spiro atoms. The van der Waals surface area contributed by atoms with Gasteiger partial charge in [-0.15, -0.1) is 0 Å². The van der Waals surface area contributed by atoms with Gasteiger partial charge in [-0.25, -0.2) is 0 Å².